The minimum Gasteiger partial charge on any atom is -0.467 e. The maximum atomic E-state index is 9.68. The van der Waals surface area contributed by atoms with Gasteiger partial charge < -0.3 is 14.4 Å². The summed E-state index contributed by atoms with van der Waals surface area (Å²) in [5.41, 5.74) is 0.898. The smallest absolute Gasteiger partial charge is 0.129 e. The molecule has 1 aliphatic carbocycles. The van der Waals surface area contributed by atoms with E-state index in [2.05, 4.69) is 9.88 Å². The zero-order chi connectivity index (χ0) is 13.2. The summed E-state index contributed by atoms with van der Waals surface area (Å²) in [7, 11) is 0. The first-order chi connectivity index (χ1) is 9.24. The van der Waals surface area contributed by atoms with E-state index >= 15 is 0 Å². The van der Waals surface area contributed by atoms with Crippen molar-refractivity contribution in [1.29, 1.82) is 0 Å². The highest BCUT2D eigenvalue weighted by atomic mass is 16.3. The van der Waals surface area contributed by atoms with Gasteiger partial charge in [-0.15, -0.1) is 0 Å². The molecule has 4 heteroatoms. The van der Waals surface area contributed by atoms with Gasteiger partial charge >= 0.3 is 0 Å². The molecule has 100 valence electrons. The molecule has 0 aliphatic heterocycles. The Labute approximate surface area is 112 Å². The molecule has 0 bridgehead atoms. The molecule has 19 heavy (non-hydrogen) atoms. The van der Waals surface area contributed by atoms with Crippen molar-refractivity contribution < 1.29 is 9.52 Å². The number of furan rings is 1. The first kappa shape index (κ1) is 12.2. The molecule has 2 aromatic heterocycles. The van der Waals surface area contributed by atoms with Crippen LogP contribution in [0.15, 0.2) is 41.1 Å². The van der Waals surface area contributed by atoms with Gasteiger partial charge in [0.15, 0.2) is 0 Å². The maximum absolute atomic E-state index is 9.68. The van der Waals surface area contributed by atoms with Crippen LogP contribution in [-0.2, 0) is 6.54 Å². The fourth-order valence-corrected chi connectivity index (χ4v) is 2.20. The summed E-state index contributed by atoms with van der Waals surface area (Å²) in [6, 6.07) is 8.24. The molecule has 4 nitrogen and oxygen atoms in total. The monoisotopic (exact) mass is 258 g/mol. The van der Waals surface area contributed by atoms with Crippen LogP contribution in [0.1, 0.15) is 37.2 Å². The average Bonchev–Trinajstić information content (AvgIpc) is 3.13. The Morgan fingerprint density at radius 1 is 1.47 bits per heavy atom. The van der Waals surface area contributed by atoms with Crippen molar-refractivity contribution in [3.8, 4) is 0 Å². The lowest BCUT2D eigenvalue weighted by Crippen LogP contribution is -2.25. The predicted molar refractivity (Wildman–Crippen MR) is 72.8 cm³/mol. The normalized spacial score (nSPS) is 16.3. The predicted octanol–water partition coefficient (Wildman–Crippen LogP) is 2.90. The Balaban J connectivity index is 1.85. The number of anilines is 1. The van der Waals surface area contributed by atoms with Gasteiger partial charge in [0.1, 0.15) is 11.6 Å². The molecule has 1 N–H and O–H groups in total. The molecule has 1 fully saturated rings. The molecule has 2 aromatic rings. The van der Waals surface area contributed by atoms with Crippen molar-refractivity contribution in [2.24, 2.45) is 0 Å². The third-order valence-electron chi connectivity index (χ3n) is 3.44. The molecule has 1 saturated carbocycles. The molecule has 0 spiro atoms. The number of hydrogen-bond acceptors (Lipinski definition) is 4. The molecule has 0 saturated heterocycles. The van der Waals surface area contributed by atoms with E-state index in [0.717, 1.165) is 23.7 Å². The van der Waals surface area contributed by atoms with Crippen molar-refractivity contribution in [3.05, 3.63) is 48.0 Å². The summed E-state index contributed by atoms with van der Waals surface area (Å²) in [4.78, 5) is 6.69. The second-order valence-corrected chi connectivity index (χ2v) is 5.06. The van der Waals surface area contributed by atoms with Crippen LogP contribution in [0.2, 0.25) is 0 Å². The lowest BCUT2D eigenvalue weighted by atomic mass is 10.1. The summed E-state index contributed by atoms with van der Waals surface area (Å²) in [6.45, 7) is 2.50. The first-order valence-corrected chi connectivity index (χ1v) is 6.67. The van der Waals surface area contributed by atoms with Crippen LogP contribution in [-0.4, -0.2) is 16.1 Å². The fourth-order valence-electron chi connectivity index (χ4n) is 2.20. The number of aliphatic hydroxyl groups excluding tert-OH is 1. The van der Waals surface area contributed by atoms with Crippen LogP contribution in [0.4, 0.5) is 5.82 Å². The van der Waals surface area contributed by atoms with E-state index in [9.17, 15) is 5.11 Å². The van der Waals surface area contributed by atoms with Gasteiger partial charge in [0.05, 0.1) is 18.9 Å². The summed E-state index contributed by atoms with van der Waals surface area (Å²) < 4.78 is 5.42. The topological polar surface area (TPSA) is 49.5 Å². The zero-order valence-electron chi connectivity index (χ0n) is 11.0. The number of rotatable bonds is 5. The van der Waals surface area contributed by atoms with E-state index in [1.165, 1.54) is 12.8 Å². The van der Waals surface area contributed by atoms with E-state index in [4.69, 9.17) is 4.42 Å². The molecule has 0 amide bonds. The maximum Gasteiger partial charge on any atom is 0.129 e. The fraction of sp³-hybridized carbons (Fsp3) is 0.400. The second-order valence-electron chi connectivity index (χ2n) is 5.06. The minimum absolute atomic E-state index is 0.466. The number of aliphatic hydroxyl groups is 1. The molecule has 1 atom stereocenters. The first-order valence-electron chi connectivity index (χ1n) is 6.67. The molecule has 3 rings (SSSR count). The lowest BCUT2D eigenvalue weighted by Gasteiger charge is -2.23. The van der Waals surface area contributed by atoms with E-state index in [1.54, 1.807) is 19.4 Å². The largest absolute Gasteiger partial charge is 0.467 e. The summed E-state index contributed by atoms with van der Waals surface area (Å²) in [5, 5.41) is 9.68. The number of nitrogens with zero attached hydrogens (tertiary/aromatic N) is 2. The average molecular weight is 258 g/mol. The van der Waals surface area contributed by atoms with E-state index in [1.807, 2.05) is 24.3 Å². The van der Waals surface area contributed by atoms with E-state index in [-0.39, 0.29) is 0 Å². The molecule has 0 unspecified atom stereocenters. The highest BCUT2D eigenvalue weighted by molar-refractivity contribution is 5.44. The van der Waals surface area contributed by atoms with E-state index < -0.39 is 6.10 Å². The van der Waals surface area contributed by atoms with Crippen LogP contribution in [0.5, 0.6) is 0 Å². The number of aromatic nitrogens is 1. The third kappa shape index (κ3) is 2.79. The van der Waals surface area contributed by atoms with Gasteiger partial charge in [-0.3, -0.25) is 0 Å². The summed E-state index contributed by atoms with van der Waals surface area (Å²) in [6.07, 6.45) is 5.38. The molecule has 0 aromatic carbocycles. The lowest BCUT2D eigenvalue weighted by molar-refractivity contribution is 0.199. The van der Waals surface area contributed by atoms with Crippen LogP contribution in [0, 0.1) is 0 Å². The molecular formula is C15H18N2O2. The second kappa shape index (κ2) is 5.05. The SMILES string of the molecule is C[C@@H](O)c1ccnc(N(Cc2ccco2)C2CC2)c1. The third-order valence-corrected chi connectivity index (χ3v) is 3.44. The Morgan fingerprint density at radius 2 is 2.32 bits per heavy atom. The number of pyridine rings is 1. The van der Waals surface area contributed by atoms with Crippen molar-refractivity contribution in [2.75, 3.05) is 4.90 Å². The van der Waals surface area contributed by atoms with Gasteiger partial charge in [0.2, 0.25) is 0 Å². The molecule has 0 radical (unpaired) electrons. The van der Waals surface area contributed by atoms with Crippen LogP contribution >= 0.6 is 0 Å². The van der Waals surface area contributed by atoms with Gasteiger partial charge in [-0.1, -0.05) is 0 Å². The zero-order valence-corrected chi connectivity index (χ0v) is 11.0. The summed E-state index contributed by atoms with van der Waals surface area (Å²) in [5.74, 6) is 1.86. The van der Waals surface area contributed by atoms with Crippen molar-refractivity contribution in [3.63, 3.8) is 0 Å². The molecule has 2 heterocycles. The van der Waals surface area contributed by atoms with Gasteiger partial charge in [0, 0.05) is 12.2 Å². The Kier molecular flexibility index (Phi) is 3.25. The number of hydrogen-bond donors (Lipinski definition) is 1. The van der Waals surface area contributed by atoms with Gasteiger partial charge in [-0.25, -0.2) is 4.98 Å². The minimum atomic E-state index is -0.466. The van der Waals surface area contributed by atoms with Crippen molar-refractivity contribution in [1.82, 2.24) is 4.98 Å². The van der Waals surface area contributed by atoms with Crippen LogP contribution < -0.4 is 4.90 Å². The van der Waals surface area contributed by atoms with Crippen LogP contribution in [0.3, 0.4) is 0 Å². The summed E-state index contributed by atoms with van der Waals surface area (Å²) >= 11 is 0. The standard InChI is InChI=1S/C15H18N2O2/c1-11(18)12-6-7-16-15(9-12)17(13-4-5-13)10-14-3-2-8-19-14/h2-3,6-9,11,13,18H,4-5,10H2,1H3/t11-/m1/s1. The Bertz CT molecular complexity index is 533. The highest BCUT2D eigenvalue weighted by Gasteiger charge is 2.30. The molecule has 1 aliphatic rings. The van der Waals surface area contributed by atoms with Gasteiger partial charge in [-0.05, 0) is 49.6 Å². The van der Waals surface area contributed by atoms with Crippen molar-refractivity contribution in [2.45, 2.75) is 38.5 Å². The highest BCUT2D eigenvalue weighted by Crippen LogP contribution is 2.32. The quantitative estimate of drug-likeness (QED) is 0.896. The molecular weight excluding hydrogens is 240 g/mol. The van der Waals surface area contributed by atoms with E-state index in [0.29, 0.717) is 6.04 Å². The van der Waals surface area contributed by atoms with Crippen LogP contribution in [0.25, 0.3) is 0 Å². The van der Waals surface area contributed by atoms with Crippen molar-refractivity contribution >= 4 is 5.82 Å². The Hall–Kier alpha value is -1.81. The Morgan fingerprint density at radius 3 is 2.95 bits per heavy atom. The van der Waals surface area contributed by atoms with Gasteiger partial charge in [-0.2, -0.15) is 0 Å². The van der Waals surface area contributed by atoms with Gasteiger partial charge in [0.25, 0.3) is 0 Å².